The molecule has 184 valence electrons. The van der Waals surface area contributed by atoms with Crippen molar-refractivity contribution in [2.24, 2.45) is 0 Å². The van der Waals surface area contributed by atoms with Gasteiger partial charge in [0.25, 0.3) is 11.8 Å². The van der Waals surface area contributed by atoms with Crippen molar-refractivity contribution in [3.05, 3.63) is 87.2 Å². The third-order valence-electron chi connectivity index (χ3n) is 5.19. The molecule has 3 aromatic rings. The average Bonchev–Trinajstić information content (AvgIpc) is 3.14. The van der Waals surface area contributed by atoms with Gasteiger partial charge in [-0.15, -0.1) is 0 Å². The molecule has 0 aliphatic carbocycles. The fraction of sp³-hybridized carbons (Fsp3) is 0.115. The normalized spacial score (nSPS) is 14.3. The lowest BCUT2D eigenvalue weighted by Crippen LogP contribution is -2.27. The summed E-state index contributed by atoms with van der Waals surface area (Å²) in [7, 11) is 3.92. The summed E-state index contributed by atoms with van der Waals surface area (Å²) in [5.41, 5.74) is 2.99. The summed E-state index contributed by atoms with van der Waals surface area (Å²) < 4.78 is 6.04. The fourth-order valence-corrected chi connectivity index (χ4v) is 4.98. The van der Waals surface area contributed by atoms with Gasteiger partial charge < -0.3 is 15.0 Å². The van der Waals surface area contributed by atoms with Gasteiger partial charge in [0.1, 0.15) is 5.75 Å². The molecule has 10 heteroatoms. The number of carbonyl (C=O) groups is 2. The van der Waals surface area contributed by atoms with Gasteiger partial charge in [-0.05, 0) is 60.2 Å². The Bertz CT molecular complexity index is 1340. The number of nitrogens with zero attached hydrogens (tertiary/aromatic N) is 2. The lowest BCUT2D eigenvalue weighted by Gasteiger charge is -2.17. The van der Waals surface area contributed by atoms with E-state index in [-0.39, 0.29) is 23.4 Å². The van der Waals surface area contributed by atoms with E-state index in [0.29, 0.717) is 25.7 Å². The van der Waals surface area contributed by atoms with Crippen molar-refractivity contribution in [3.63, 3.8) is 0 Å². The van der Waals surface area contributed by atoms with E-state index in [0.717, 1.165) is 16.9 Å². The average molecular weight is 559 g/mol. The molecule has 2 amide bonds. The van der Waals surface area contributed by atoms with Gasteiger partial charge in [0.05, 0.1) is 26.3 Å². The molecule has 0 spiro atoms. The number of halogens is 2. The van der Waals surface area contributed by atoms with E-state index in [9.17, 15) is 9.59 Å². The Kier molecular flexibility index (Phi) is 8.21. The number of hydrogen-bond acceptors (Lipinski definition) is 6. The highest BCUT2D eigenvalue weighted by Crippen LogP contribution is 2.36. The van der Waals surface area contributed by atoms with Crippen LogP contribution < -0.4 is 19.9 Å². The Balaban J connectivity index is 1.37. The largest absolute Gasteiger partial charge is 0.484 e. The Morgan fingerprint density at radius 1 is 1.08 bits per heavy atom. The van der Waals surface area contributed by atoms with Crippen molar-refractivity contribution in [3.8, 4) is 5.75 Å². The van der Waals surface area contributed by atoms with Crippen LogP contribution in [-0.4, -0.2) is 36.8 Å². The van der Waals surface area contributed by atoms with E-state index in [1.54, 1.807) is 48.5 Å². The smallest absolute Gasteiger partial charge is 0.270 e. The predicted octanol–water partition coefficient (Wildman–Crippen LogP) is 6.48. The van der Waals surface area contributed by atoms with Crippen LogP contribution in [0.5, 0.6) is 5.75 Å². The van der Waals surface area contributed by atoms with Crippen molar-refractivity contribution >= 4 is 86.5 Å². The lowest BCUT2D eigenvalue weighted by atomic mass is 10.2. The summed E-state index contributed by atoms with van der Waals surface area (Å²) >= 11 is 18.8. The Morgan fingerprint density at radius 2 is 1.78 bits per heavy atom. The molecule has 36 heavy (non-hydrogen) atoms. The molecule has 1 aliphatic rings. The second-order valence-corrected chi connectivity index (χ2v) is 10.4. The van der Waals surface area contributed by atoms with Crippen molar-refractivity contribution < 1.29 is 14.3 Å². The number of thioether (sulfide) groups is 1. The number of benzene rings is 3. The summed E-state index contributed by atoms with van der Waals surface area (Å²) in [5.74, 6) is -0.0298. The SMILES string of the molecule is CN(C)c1ccc(N2C(=O)/C(=C/c3ccc(OCC(=O)Nc4cccc(Cl)c4Cl)cc3)SC2=S)cc1. The number of rotatable bonds is 7. The van der Waals surface area contributed by atoms with E-state index >= 15 is 0 Å². The zero-order chi connectivity index (χ0) is 25.8. The van der Waals surface area contributed by atoms with Crippen molar-refractivity contribution in [2.75, 3.05) is 35.8 Å². The molecule has 1 saturated heterocycles. The highest BCUT2D eigenvalue weighted by molar-refractivity contribution is 8.27. The topological polar surface area (TPSA) is 61.9 Å². The summed E-state index contributed by atoms with van der Waals surface area (Å²) in [5, 5.41) is 3.29. The summed E-state index contributed by atoms with van der Waals surface area (Å²) in [4.78, 5) is 29.3. The second kappa shape index (κ2) is 11.3. The first-order valence-corrected chi connectivity index (χ1v) is 12.7. The first-order chi connectivity index (χ1) is 17.2. The van der Waals surface area contributed by atoms with Gasteiger partial charge >= 0.3 is 0 Å². The van der Waals surface area contributed by atoms with E-state index in [1.165, 1.54) is 16.7 Å². The quantitative estimate of drug-likeness (QED) is 0.265. The molecule has 3 aromatic carbocycles. The Labute approximate surface area is 228 Å². The van der Waals surface area contributed by atoms with Crippen LogP contribution in [0.15, 0.2) is 71.6 Å². The van der Waals surface area contributed by atoms with Gasteiger partial charge in [-0.3, -0.25) is 14.5 Å². The molecular formula is C26H21Cl2N3O3S2. The van der Waals surface area contributed by atoms with Gasteiger partial charge in [-0.2, -0.15) is 0 Å². The number of amides is 2. The fourth-order valence-electron chi connectivity index (χ4n) is 3.34. The second-order valence-electron chi connectivity index (χ2n) is 7.94. The molecule has 4 rings (SSSR count). The molecule has 1 fully saturated rings. The molecule has 0 aromatic heterocycles. The van der Waals surface area contributed by atoms with E-state index in [2.05, 4.69) is 5.32 Å². The minimum atomic E-state index is -0.370. The number of nitrogens with one attached hydrogen (secondary N) is 1. The molecule has 1 aliphatic heterocycles. The summed E-state index contributed by atoms with van der Waals surface area (Å²) in [6, 6.07) is 19.7. The van der Waals surface area contributed by atoms with Crippen LogP contribution >= 0.6 is 47.2 Å². The molecule has 6 nitrogen and oxygen atoms in total. The first-order valence-electron chi connectivity index (χ1n) is 10.7. The Morgan fingerprint density at radius 3 is 2.44 bits per heavy atom. The highest BCUT2D eigenvalue weighted by atomic mass is 35.5. The van der Waals surface area contributed by atoms with Gasteiger partial charge in [0.15, 0.2) is 10.9 Å². The van der Waals surface area contributed by atoms with Crippen LogP contribution in [0.1, 0.15) is 5.56 Å². The van der Waals surface area contributed by atoms with Crippen molar-refractivity contribution in [1.82, 2.24) is 0 Å². The maximum Gasteiger partial charge on any atom is 0.270 e. The number of carbonyl (C=O) groups excluding carboxylic acids is 2. The van der Waals surface area contributed by atoms with Gasteiger partial charge in [0.2, 0.25) is 0 Å². The molecule has 0 unspecified atom stereocenters. The number of thiocarbonyl (C=S) groups is 1. The minimum Gasteiger partial charge on any atom is -0.484 e. The van der Waals surface area contributed by atoms with E-state index in [1.807, 2.05) is 43.3 Å². The summed E-state index contributed by atoms with van der Waals surface area (Å²) in [6.45, 7) is -0.201. The number of hydrogen-bond donors (Lipinski definition) is 1. The highest BCUT2D eigenvalue weighted by Gasteiger charge is 2.33. The maximum absolute atomic E-state index is 13.0. The summed E-state index contributed by atoms with van der Waals surface area (Å²) in [6.07, 6.45) is 1.78. The minimum absolute atomic E-state index is 0.167. The maximum atomic E-state index is 13.0. The van der Waals surface area contributed by atoms with Crippen LogP contribution in [-0.2, 0) is 9.59 Å². The van der Waals surface area contributed by atoms with Gasteiger partial charge in [-0.1, -0.05) is 65.4 Å². The third-order valence-corrected chi connectivity index (χ3v) is 7.31. The number of anilines is 3. The van der Waals surface area contributed by atoms with Gasteiger partial charge in [-0.25, -0.2) is 0 Å². The predicted molar refractivity (Wildman–Crippen MR) is 153 cm³/mol. The van der Waals surface area contributed by atoms with Crippen LogP contribution in [0.4, 0.5) is 17.1 Å². The van der Waals surface area contributed by atoms with Gasteiger partial charge in [0, 0.05) is 19.8 Å². The van der Waals surface area contributed by atoms with Crippen molar-refractivity contribution in [2.45, 2.75) is 0 Å². The van der Waals surface area contributed by atoms with Crippen molar-refractivity contribution in [1.29, 1.82) is 0 Å². The first kappa shape index (κ1) is 26.0. The van der Waals surface area contributed by atoms with E-state index in [4.69, 9.17) is 40.2 Å². The zero-order valence-electron chi connectivity index (χ0n) is 19.3. The van der Waals surface area contributed by atoms with Crippen LogP contribution in [0.3, 0.4) is 0 Å². The van der Waals surface area contributed by atoms with Crippen LogP contribution in [0.2, 0.25) is 10.0 Å². The molecule has 0 saturated carbocycles. The monoisotopic (exact) mass is 557 g/mol. The molecule has 0 atom stereocenters. The lowest BCUT2D eigenvalue weighted by molar-refractivity contribution is -0.118. The Hall–Kier alpha value is -3.04. The van der Waals surface area contributed by atoms with Crippen LogP contribution in [0.25, 0.3) is 6.08 Å². The standard InChI is InChI=1S/C26H21Cl2N3O3S2/c1-30(2)17-8-10-18(11-9-17)31-25(33)22(36-26(31)35)14-16-6-12-19(13-7-16)34-15-23(32)29-21-5-3-4-20(27)24(21)28/h3-14H,15H2,1-2H3,(H,29,32)/b22-14-. The van der Waals surface area contributed by atoms with E-state index < -0.39 is 0 Å². The third kappa shape index (κ3) is 6.02. The molecule has 1 heterocycles. The number of ether oxygens (including phenoxy) is 1. The molecule has 0 radical (unpaired) electrons. The molecule has 0 bridgehead atoms. The molecule has 1 N–H and O–H groups in total. The van der Waals surface area contributed by atoms with Crippen LogP contribution in [0, 0.1) is 0 Å². The zero-order valence-corrected chi connectivity index (χ0v) is 22.5. The molecular weight excluding hydrogens is 537 g/mol.